The minimum atomic E-state index is -0.356. The molecule has 0 radical (unpaired) electrons. The largest absolute Gasteiger partial charge is 0.449 e. The molecule has 1 rings (SSSR count). The summed E-state index contributed by atoms with van der Waals surface area (Å²) in [6.45, 7) is 0. The summed E-state index contributed by atoms with van der Waals surface area (Å²) in [6, 6.07) is 7.03. The second-order valence-corrected chi connectivity index (χ2v) is 3.72. The molecule has 0 aromatic heterocycles. The highest BCUT2D eigenvalue weighted by Crippen LogP contribution is 2.17. The average Bonchev–Trinajstić information content (AvgIpc) is 2.22. The van der Waals surface area contributed by atoms with Gasteiger partial charge in [0.25, 0.3) is 0 Å². The Morgan fingerprint density at radius 1 is 1.47 bits per heavy atom. The second kappa shape index (κ2) is 6.33. The number of carbonyl (C=O) groups is 1. The van der Waals surface area contributed by atoms with Crippen LogP contribution in [0.5, 0.6) is 0 Å². The molecule has 0 heterocycles. The summed E-state index contributed by atoms with van der Waals surface area (Å²) in [4.78, 5) is 11.9. The van der Waals surface area contributed by atoms with Crippen LogP contribution in [0.4, 0.5) is 0 Å². The van der Waals surface area contributed by atoms with Gasteiger partial charge in [-0.2, -0.15) is 5.26 Å². The van der Waals surface area contributed by atoms with Crippen molar-refractivity contribution in [3.05, 3.63) is 29.8 Å². The molecule has 1 aromatic rings. The van der Waals surface area contributed by atoms with E-state index in [1.54, 1.807) is 24.3 Å². The normalized spacial score (nSPS) is 9.33. The lowest BCUT2D eigenvalue weighted by Gasteiger charge is -2.01. The first-order chi connectivity index (χ1) is 7.26. The molecule has 0 unspecified atom stereocenters. The van der Waals surface area contributed by atoms with Gasteiger partial charge in [-0.15, -0.1) is 0 Å². The van der Waals surface area contributed by atoms with E-state index < -0.39 is 0 Å². The highest BCUT2D eigenvalue weighted by Gasteiger charge is 2.03. The zero-order valence-electron chi connectivity index (χ0n) is 7.77. The fourth-order valence-electron chi connectivity index (χ4n) is 1.01. The van der Waals surface area contributed by atoms with Gasteiger partial charge >= 0.3 is 5.97 Å². The summed E-state index contributed by atoms with van der Waals surface area (Å²) >= 11 is 6.33. The topological polar surface area (TPSA) is 50.1 Å². The molecule has 0 aliphatic carbocycles. The number of halogens is 1. The molecule has 1 aromatic carbocycles. The third-order valence-corrected chi connectivity index (χ3v) is 2.36. The quantitative estimate of drug-likeness (QED) is 0.352. The fourth-order valence-corrected chi connectivity index (χ4v) is 1.51. The van der Waals surface area contributed by atoms with Crippen LogP contribution in [0.1, 0.15) is 5.56 Å². The van der Waals surface area contributed by atoms with Gasteiger partial charge in [0.15, 0.2) is 6.07 Å². The molecule has 15 heavy (non-hydrogen) atoms. The lowest BCUT2D eigenvalue weighted by Crippen LogP contribution is -2.06. The van der Waals surface area contributed by atoms with Gasteiger partial charge in [-0.05, 0) is 29.5 Å². The fraction of sp³-hybridized carbons (Fsp3) is 0.200. The average molecular weight is 242 g/mol. The summed E-state index contributed by atoms with van der Waals surface area (Å²) in [5.74, 6) is -0.356. The highest BCUT2D eigenvalue weighted by atomic mass is 35.5. The van der Waals surface area contributed by atoms with Crippen molar-refractivity contribution in [2.24, 2.45) is 0 Å². The Balaban J connectivity index is 2.57. The monoisotopic (exact) mass is 241 g/mol. The highest BCUT2D eigenvalue weighted by molar-refractivity contribution is 8.03. The number of alkyl halides is 1. The molecule has 78 valence electrons. The Labute approximate surface area is 97.0 Å². The minimum Gasteiger partial charge on any atom is -0.449 e. The first-order valence-electron chi connectivity index (χ1n) is 4.12. The summed E-state index contributed by atoms with van der Waals surface area (Å²) in [5.41, 5.74) is 0.840. The lowest BCUT2D eigenvalue weighted by atomic mass is 10.2. The van der Waals surface area contributed by atoms with E-state index in [1.807, 2.05) is 5.40 Å². The summed E-state index contributed by atoms with van der Waals surface area (Å²) in [6.07, 6.45) is 0.199. The predicted octanol–water partition coefficient (Wildman–Crippen LogP) is 2.54. The molecule has 0 N–H and O–H groups in total. The maximum absolute atomic E-state index is 11.1. The van der Waals surface area contributed by atoms with Crippen molar-refractivity contribution in [1.29, 1.82) is 5.26 Å². The molecule has 0 atom stereocenters. The van der Waals surface area contributed by atoms with Crippen LogP contribution in [0, 0.1) is 10.7 Å². The molecular formula is C10H8ClNO2S. The number of rotatable bonds is 4. The summed E-state index contributed by atoms with van der Waals surface area (Å²) < 4.78 is 4.59. The summed E-state index contributed by atoms with van der Waals surface area (Å²) in [7, 11) is 0. The Hall–Kier alpha value is -1.18. The predicted molar refractivity (Wildman–Crippen MR) is 58.4 cm³/mol. The second-order valence-electron chi connectivity index (χ2n) is 2.64. The molecule has 0 bridgehead atoms. The summed E-state index contributed by atoms with van der Waals surface area (Å²) in [5, 5.41) is 10.4. The van der Waals surface area contributed by atoms with Crippen LogP contribution in [-0.4, -0.2) is 12.0 Å². The lowest BCUT2D eigenvalue weighted by molar-refractivity contribution is -0.140. The Bertz CT molecular complexity index is 372. The Morgan fingerprint density at radius 3 is 2.67 bits per heavy atom. The minimum absolute atomic E-state index is 0.124. The molecular weight excluding hydrogens is 234 g/mol. The molecule has 0 fully saturated rings. The molecule has 3 nitrogen and oxygen atoms in total. The SMILES string of the molecule is N#CSc1ccc(CC(=O)OCCl)cc1. The number of carbonyl (C=O) groups excluding carboxylic acids is 1. The van der Waals surface area contributed by atoms with E-state index in [2.05, 4.69) is 4.74 Å². The number of thiocyanates is 1. The Morgan fingerprint density at radius 2 is 2.13 bits per heavy atom. The van der Waals surface area contributed by atoms with E-state index in [-0.39, 0.29) is 18.5 Å². The van der Waals surface area contributed by atoms with Crippen LogP contribution in [0.15, 0.2) is 29.2 Å². The molecule has 0 saturated carbocycles. The molecule has 0 aliphatic heterocycles. The van der Waals surface area contributed by atoms with Crippen LogP contribution in [0.2, 0.25) is 0 Å². The van der Waals surface area contributed by atoms with Crippen molar-refractivity contribution in [2.75, 3.05) is 6.07 Å². The van der Waals surface area contributed by atoms with E-state index in [0.717, 1.165) is 22.2 Å². The van der Waals surface area contributed by atoms with Crippen LogP contribution in [0.3, 0.4) is 0 Å². The van der Waals surface area contributed by atoms with Gasteiger partial charge in [0.2, 0.25) is 0 Å². The molecule has 5 heteroatoms. The third-order valence-electron chi connectivity index (χ3n) is 1.65. The molecule has 0 aliphatic rings. The number of ether oxygens (including phenoxy) is 1. The van der Waals surface area contributed by atoms with E-state index >= 15 is 0 Å². The van der Waals surface area contributed by atoms with E-state index in [9.17, 15) is 4.79 Å². The van der Waals surface area contributed by atoms with Crippen LogP contribution in [-0.2, 0) is 16.0 Å². The number of thioether (sulfide) groups is 1. The molecule has 0 spiro atoms. The zero-order chi connectivity index (χ0) is 11.1. The number of hydrogen-bond donors (Lipinski definition) is 0. The number of nitriles is 1. The number of nitrogens with zero attached hydrogens (tertiary/aromatic N) is 1. The van der Waals surface area contributed by atoms with Crippen LogP contribution < -0.4 is 0 Å². The van der Waals surface area contributed by atoms with Crippen molar-refractivity contribution in [2.45, 2.75) is 11.3 Å². The van der Waals surface area contributed by atoms with Gasteiger partial charge in [0, 0.05) is 4.90 Å². The van der Waals surface area contributed by atoms with Crippen LogP contribution >= 0.6 is 23.4 Å². The van der Waals surface area contributed by atoms with E-state index in [1.165, 1.54) is 0 Å². The van der Waals surface area contributed by atoms with Crippen molar-refractivity contribution in [1.82, 2.24) is 0 Å². The number of esters is 1. The first kappa shape index (κ1) is 11.9. The van der Waals surface area contributed by atoms with Gasteiger partial charge in [0.05, 0.1) is 6.42 Å². The van der Waals surface area contributed by atoms with Gasteiger partial charge in [0.1, 0.15) is 5.40 Å². The van der Waals surface area contributed by atoms with Crippen molar-refractivity contribution in [3.8, 4) is 5.40 Å². The van der Waals surface area contributed by atoms with Crippen LogP contribution in [0.25, 0.3) is 0 Å². The van der Waals surface area contributed by atoms with Gasteiger partial charge < -0.3 is 4.74 Å². The zero-order valence-corrected chi connectivity index (χ0v) is 9.35. The van der Waals surface area contributed by atoms with Gasteiger partial charge in [-0.1, -0.05) is 23.7 Å². The third kappa shape index (κ3) is 4.24. The van der Waals surface area contributed by atoms with E-state index in [0.29, 0.717) is 0 Å². The maximum atomic E-state index is 11.1. The van der Waals surface area contributed by atoms with Crippen molar-refractivity contribution in [3.63, 3.8) is 0 Å². The maximum Gasteiger partial charge on any atom is 0.311 e. The number of benzene rings is 1. The smallest absolute Gasteiger partial charge is 0.311 e. The van der Waals surface area contributed by atoms with Crippen molar-refractivity contribution >= 4 is 29.3 Å². The number of hydrogen-bond acceptors (Lipinski definition) is 4. The molecule has 0 amide bonds. The van der Waals surface area contributed by atoms with Gasteiger partial charge in [-0.3, -0.25) is 4.79 Å². The van der Waals surface area contributed by atoms with Crippen molar-refractivity contribution < 1.29 is 9.53 Å². The Kier molecular flexibility index (Phi) is 5.02. The van der Waals surface area contributed by atoms with Gasteiger partial charge in [-0.25, -0.2) is 0 Å². The first-order valence-corrected chi connectivity index (χ1v) is 5.48. The molecule has 0 saturated heterocycles. The van der Waals surface area contributed by atoms with E-state index in [4.69, 9.17) is 16.9 Å². The standard InChI is InChI=1S/C10H8ClNO2S/c11-6-14-10(13)5-8-1-3-9(4-2-8)15-7-12/h1-4H,5-6H2.